The fourth-order valence-corrected chi connectivity index (χ4v) is 4.09. The van der Waals surface area contributed by atoms with E-state index in [0.29, 0.717) is 0 Å². The summed E-state index contributed by atoms with van der Waals surface area (Å²) in [6, 6.07) is 0. The molecule has 0 atom stereocenters. The smallest absolute Gasteiger partial charge is 0.0351 e. The lowest BCUT2D eigenvalue weighted by Crippen LogP contribution is -1.82. The van der Waals surface area contributed by atoms with Crippen LogP contribution in [-0.4, -0.2) is 0 Å². The lowest BCUT2D eigenvalue weighted by molar-refractivity contribution is 0.549. The van der Waals surface area contributed by atoms with Gasteiger partial charge >= 0.3 is 0 Å². The predicted molar refractivity (Wildman–Crippen MR) is 131 cm³/mol. The second-order valence-electron chi connectivity index (χ2n) is 9.12. The highest BCUT2D eigenvalue weighted by molar-refractivity contribution is 4.81. The Labute approximate surface area is 180 Å². The maximum atomic E-state index is 2.45. The Kier molecular flexibility index (Phi) is 26.5. The standard InChI is InChI=1S/C28H56/c1-3-5-7-9-11-13-15-17-19-21-23-25-27-28-26-24-22-20-18-16-14-12-10-8-6-4-2/h27-28H,3-26H2,1-2H3/b28-27+. The van der Waals surface area contributed by atoms with Crippen LogP contribution >= 0.6 is 0 Å². The lowest BCUT2D eigenvalue weighted by Gasteiger charge is -2.02. The number of allylic oxidation sites excluding steroid dienone is 2. The highest BCUT2D eigenvalue weighted by atomic mass is 14.0. The van der Waals surface area contributed by atoms with Crippen LogP contribution in [0.3, 0.4) is 0 Å². The van der Waals surface area contributed by atoms with Crippen molar-refractivity contribution < 1.29 is 0 Å². The highest BCUT2D eigenvalue weighted by Gasteiger charge is 1.94. The molecular formula is C28H56. The van der Waals surface area contributed by atoms with E-state index in [1.807, 2.05) is 0 Å². The Bertz CT molecular complexity index is 250. The molecule has 0 fully saturated rings. The van der Waals surface area contributed by atoms with E-state index in [-0.39, 0.29) is 0 Å². The minimum atomic E-state index is 1.31. The summed E-state index contributed by atoms with van der Waals surface area (Å²) >= 11 is 0. The van der Waals surface area contributed by atoms with E-state index in [1.165, 1.54) is 154 Å². The van der Waals surface area contributed by atoms with Crippen molar-refractivity contribution in [1.29, 1.82) is 0 Å². The van der Waals surface area contributed by atoms with Crippen LogP contribution in [0.15, 0.2) is 12.2 Å². The van der Waals surface area contributed by atoms with Gasteiger partial charge in [-0.2, -0.15) is 0 Å². The fraction of sp³-hybridized carbons (Fsp3) is 0.929. The Balaban J connectivity index is 3.05. The van der Waals surface area contributed by atoms with Crippen molar-refractivity contribution in [3.8, 4) is 0 Å². The first kappa shape index (κ1) is 27.7. The Morgan fingerprint density at radius 3 is 0.750 bits per heavy atom. The van der Waals surface area contributed by atoms with Gasteiger partial charge in [0.05, 0.1) is 0 Å². The number of rotatable bonds is 24. The van der Waals surface area contributed by atoms with Gasteiger partial charge in [0.1, 0.15) is 0 Å². The minimum Gasteiger partial charge on any atom is -0.0885 e. The normalized spacial score (nSPS) is 11.6. The molecule has 0 nitrogen and oxygen atoms in total. The Morgan fingerprint density at radius 1 is 0.286 bits per heavy atom. The number of hydrogen-bond acceptors (Lipinski definition) is 0. The van der Waals surface area contributed by atoms with Crippen molar-refractivity contribution in [2.45, 2.75) is 168 Å². The van der Waals surface area contributed by atoms with Gasteiger partial charge in [-0.15, -0.1) is 0 Å². The van der Waals surface area contributed by atoms with E-state index in [1.54, 1.807) is 0 Å². The SMILES string of the molecule is CCCCCCCCCCCCC/C=C/CCCCCCCCCCCCC. The molecule has 0 aromatic heterocycles. The van der Waals surface area contributed by atoms with Gasteiger partial charge in [0.25, 0.3) is 0 Å². The molecule has 0 bridgehead atoms. The molecule has 0 rings (SSSR count). The van der Waals surface area contributed by atoms with Gasteiger partial charge in [0.15, 0.2) is 0 Å². The number of unbranched alkanes of at least 4 members (excludes halogenated alkanes) is 22. The van der Waals surface area contributed by atoms with Crippen molar-refractivity contribution in [2.24, 2.45) is 0 Å². The molecule has 0 N–H and O–H groups in total. The molecule has 28 heavy (non-hydrogen) atoms. The van der Waals surface area contributed by atoms with Crippen LogP contribution in [0.1, 0.15) is 168 Å². The van der Waals surface area contributed by atoms with Crippen molar-refractivity contribution in [3.05, 3.63) is 12.2 Å². The molecule has 0 saturated carbocycles. The van der Waals surface area contributed by atoms with Crippen LogP contribution in [0, 0.1) is 0 Å². The molecule has 0 aliphatic carbocycles. The fourth-order valence-electron chi connectivity index (χ4n) is 4.09. The molecule has 0 radical (unpaired) electrons. The monoisotopic (exact) mass is 392 g/mol. The topological polar surface area (TPSA) is 0 Å². The summed E-state index contributed by atoms with van der Waals surface area (Å²) in [6.45, 7) is 4.60. The van der Waals surface area contributed by atoms with E-state index in [9.17, 15) is 0 Å². The van der Waals surface area contributed by atoms with Crippen molar-refractivity contribution in [3.63, 3.8) is 0 Å². The molecular weight excluding hydrogens is 336 g/mol. The van der Waals surface area contributed by atoms with E-state index in [0.717, 1.165) is 0 Å². The van der Waals surface area contributed by atoms with Crippen molar-refractivity contribution in [1.82, 2.24) is 0 Å². The third-order valence-corrected chi connectivity index (χ3v) is 6.12. The first-order valence-corrected chi connectivity index (χ1v) is 13.6. The zero-order chi connectivity index (χ0) is 20.4. The molecule has 0 heterocycles. The van der Waals surface area contributed by atoms with Gasteiger partial charge < -0.3 is 0 Å². The summed E-state index contributed by atoms with van der Waals surface area (Å²) in [4.78, 5) is 0. The second kappa shape index (κ2) is 26.7. The summed E-state index contributed by atoms with van der Waals surface area (Å²) in [7, 11) is 0. The van der Waals surface area contributed by atoms with Crippen molar-refractivity contribution >= 4 is 0 Å². The zero-order valence-electron chi connectivity index (χ0n) is 20.1. The molecule has 0 aromatic carbocycles. The largest absolute Gasteiger partial charge is 0.0885 e. The van der Waals surface area contributed by atoms with Crippen LogP contribution in [0.4, 0.5) is 0 Å². The average molecular weight is 393 g/mol. The molecule has 0 saturated heterocycles. The van der Waals surface area contributed by atoms with Gasteiger partial charge in [-0.25, -0.2) is 0 Å². The molecule has 168 valence electrons. The van der Waals surface area contributed by atoms with E-state index < -0.39 is 0 Å². The third-order valence-electron chi connectivity index (χ3n) is 6.12. The molecule has 0 aliphatic heterocycles. The molecule has 0 amide bonds. The lowest BCUT2D eigenvalue weighted by atomic mass is 10.0. The summed E-state index contributed by atoms with van der Waals surface area (Å²) in [5, 5.41) is 0. The molecule has 0 heteroatoms. The van der Waals surface area contributed by atoms with Gasteiger partial charge in [0.2, 0.25) is 0 Å². The maximum Gasteiger partial charge on any atom is -0.0351 e. The van der Waals surface area contributed by atoms with E-state index in [2.05, 4.69) is 26.0 Å². The first-order chi connectivity index (χ1) is 13.9. The quantitative estimate of drug-likeness (QED) is 0.113. The summed E-state index contributed by atoms with van der Waals surface area (Å²) in [5.74, 6) is 0. The average Bonchev–Trinajstić information content (AvgIpc) is 2.71. The van der Waals surface area contributed by atoms with Crippen LogP contribution in [-0.2, 0) is 0 Å². The molecule has 0 aromatic rings. The highest BCUT2D eigenvalue weighted by Crippen LogP contribution is 2.13. The van der Waals surface area contributed by atoms with Crippen LogP contribution < -0.4 is 0 Å². The Morgan fingerprint density at radius 2 is 0.500 bits per heavy atom. The van der Waals surface area contributed by atoms with E-state index >= 15 is 0 Å². The minimum absolute atomic E-state index is 1.31. The molecule has 0 spiro atoms. The van der Waals surface area contributed by atoms with Crippen LogP contribution in [0.25, 0.3) is 0 Å². The van der Waals surface area contributed by atoms with Crippen LogP contribution in [0.5, 0.6) is 0 Å². The van der Waals surface area contributed by atoms with Gasteiger partial charge in [-0.05, 0) is 25.7 Å². The molecule has 0 unspecified atom stereocenters. The number of hydrogen-bond donors (Lipinski definition) is 0. The third kappa shape index (κ3) is 25.7. The van der Waals surface area contributed by atoms with Crippen molar-refractivity contribution in [2.75, 3.05) is 0 Å². The maximum absolute atomic E-state index is 2.45. The summed E-state index contributed by atoms with van der Waals surface area (Å²) < 4.78 is 0. The summed E-state index contributed by atoms with van der Waals surface area (Å²) in [6.07, 6.45) is 39.4. The van der Waals surface area contributed by atoms with E-state index in [4.69, 9.17) is 0 Å². The van der Waals surface area contributed by atoms with Gasteiger partial charge in [-0.1, -0.05) is 154 Å². The predicted octanol–water partition coefficient (Wildman–Crippen LogP) is 10.9. The Hall–Kier alpha value is -0.260. The summed E-state index contributed by atoms with van der Waals surface area (Å²) in [5.41, 5.74) is 0. The van der Waals surface area contributed by atoms with Gasteiger partial charge in [-0.3, -0.25) is 0 Å². The zero-order valence-corrected chi connectivity index (χ0v) is 20.1. The first-order valence-electron chi connectivity index (χ1n) is 13.6. The van der Waals surface area contributed by atoms with Gasteiger partial charge in [0, 0.05) is 0 Å². The van der Waals surface area contributed by atoms with Crippen LogP contribution in [0.2, 0.25) is 0 Å². The molecule has 0 aliphatic rings. The second-order valence-corrected chi connectivity index (χ2v) is 9.12.